The predicted octanol–water partition coefficient (Wildman–Crippen LogP) is 1.74. The molecule has 0 saturated carbocycles. The zero-order valence-corrected chi connectivity index (χ0v) is 12.9. The normalized spacial score (nSPS) is 11.4. The Morgan fingerprint density at radius 3 is 2.38 bits per heavy atom. The second-order valence-electron chi connectivity index (χ2n) is 4.20. The van der Waals surface area contributed by atoms with Crippen molar-refractivity contribution in [2.24, 2.45) is 13.7 Å². The van der Waals surface area contributed by atoms with E-state index in [0.717, 1.165) is 0 Å². The number of benzene rings is 1. The first-order valence-corrected chi connectivity index (χ1v) is 7.68. The Bertz CT molecular complexity index is 833. The van der Waals surface area contributed by atoms with E-state index in [1.54, 1.807) is 7.05 Å². The number of rotatable bonds is 7. The molecule has 5 N–H and O–H groups in total. The average Bonchev–Trinajstić information content (AvgIpc) is 2.57. The van der Waals surface area contributed by atoms with Gasteiger partial charge in [-0.15, -0.1) is 14.7 Å². The molecule has 1 aromatic heterocycles. The number of aromatic nitrogens is 3. The van der Waals surface area contributed by atoms with Crippen LogP contribution in [0.15, 0.2) is 41.6 Å². The summed E-state index contributed by atoms with van der Waals surface area (Å²) in [6.45, 7) is 0. The maximum absolute atomic E-state index is 11.4. The number of H-pyrrole nitrogens is 1. The second kappa shape index (κ2) is 6.78. The standard InChI is InChI=1S/C10H11N9O4S/c1-12-8-14-9(16-10(20)15-8)13-5-2-3-7(6(11)4-5)24(17-21,18-22)19-23/h2-4H,11H2,1H3,(H3,12,13,14,15,16,20). The van der Waals surface area contributed by atoms with Gasteiger partial charge in [0.1, 0.15) is 0 Å². The highest BCUT2D eigenvalue weighted by Gasteiger charge is 2.33. The Morgan fingerprint density at radius 2 is 1.83 bits per heavy atom. The smallest absolute Gasteiger partial charge is 0.351 e. The average molecular weight is 353 g/mol. The van der Waals surface area contributed by atoms with E-state index in [2.05, 4.69) is 39.3 Å². The van der Waals surface area contributed by atoms with Crippen LogP contribution in [-0.2, 0) is 0 Å². The number of nitrogens with zero attached hydrogens (tertiary/aromatic N) is 5. The number of nitrogens with two attached hydrogens (primary N) is 1. The molecular formula is C10H11N9O4S. The molecule has 0 radical (unpaired) electrons. The minimum Gasteiger partial charge on any atom is -0.398 e. The van der Waals surface area contributed by atoms with Gasteiger partial charge in [0.2, 0.25) is 11.9 Å². The van der Waals surface area contributed by atoms with Gasteiger partial charge < -0.3 is 16.4 Å². The number of hydrogen-bond acceptors (Lipinski definition) is 12. The van der Waals surface area contributed by atoms with Crippen LogP contribution >= 0.6 is 10.6 Å². The maximum Gasteiger partial charge on any atom is 0.351 e. The van der Waals surface area contributed by atoms with Crippen LogP contribution in [-0.4, -0.2) is 22.0 Å². The first-order valence-electron chi connectivity index (χ1n) is 6.17. The van der Waals surface area contributed by atoms with Gasteiger partial charge >= 0.3 is 5.69 Å². The molecule has 0 bridgehead atoms. The lowest BCUT2D eigenvalue weighted by molar-refractivity contribution is 0.995. The summed E-state index contributed by atoms with van der Waals surface area (Å²) >= 11 is 0. The SMILES string of the molecule is CNc1nc(Nc2ccc(S(N=O)(N=O)N=O)c(N)c2)[nH]c(=O)n1. The summed E-state index contributed by atoms with van der Waals surface area (Å²) in [4.78, 5) is 53.5. The van der Waals surface area contributed by atoms with Gasteiger partial charge in [-0.25, -0.2) is 4.79 Å². The molecule has 0 aliphatic rings. The van der Waals surface area contributed by atoms with Crippen molar-refractivity contribution >= 4 is 33.9 Å². The fraction of sp³-hybridized carbons (Fsp3) is 0.100. The van der Waals surface area contributed by atoms with E-state index in [-0.39, 0.29) is 22.5 Å². The summed E-state index contributed by atoms with van der Waals surface area (Å²) in [5.41, 5.74) is 5.36. The molecular weight excluding hydrogens is 342 g/mol. The predicted molar refractivity (Wildman–Crippen MR) is 89.6 cm³/mol. The highest BCUT2D eigenvalue weighted by Crippen LogP contribution is 2.61. The van der Waals surface area contributed by atoms with Crippen molar-refractivity contribution in [3.05, 3.63) is 43.4 Å². The molecule has 1 heterocycles. The largest absolute Gasteiger partial charge is 0.398 e. The molecule has 0 fully saturated rings. The summed E-state index contributed by atoms with van der Waals surface area (Å²) in [5.74, 6) is 0.162. The molecule has 24 heavy (non-hydrogen) atoms. The van der Waals surface area contributed by atoms with E-state index in [9.17, 15) is 19.5 Å². The molecule has 126 valence electrons. The molecule has 0 amide bonds. The number of nitrogens with one attached hydrogen (secondary N) is 3. The Labute approximate surface area is 135 Å². The Kier molecular flexibility index (Phi) is 4.78. The van der Waals surface area contributed by atoms with E-state index in [1.807, 2.05) is 0 Å². The number of nitroso groups, excluding NO2 is 3. The molecule has 1 aromatic carbocycles. The van der Waals surface area contributed by atoms with Crippen LogP contribution in [0.2, 0.25) is 0 Å². The quantitative estimate of drug-likeness (QED) is 0.423. The van der Waals surface area contributed by atoms with Crippen LogP contribution in [0.4, 0.5) is 23.3 Å². The number of nitrogen functional groups attached to an aromatic ring is 1. The van der Waals surface area contributed by atoms with Crippen molar-refractivity contribution in [3.8, 4) is 0 Å². The number of anilines is 4. The second-order valence-corrected chi connectivity index (χ2v) is 6.12. The molecule has 0 saturated heterocycles. The van der Waals surface area contributed by atoms with Gasteiger partial charge in [-0.05, 0) is 18.2 Å². The van der Waals surface area contributed by atoms with Crippen LogP contribution in [0.1, 0.15) is 0 Å². The molecule has 13 nitrogen and oxygen atoms in total. The first-order chi connectivity index (χ1) is 11.5. The van der Waals surface area contributed by atoms with Crippen molar-refractivity contribution in [3.63, 3.8) is 0 Å². The molecule has 14 heteroatoms. The summed E-state index contributed by atoms with van der Waals surface area (Å²) in [5, 5.41) is 5.36. The minimum atomic E-state index is -3.66. The summed E-state index contributed by atoms with van der Waals surface area (Å²) < 4.78 is 7.30. The van der Waals surface area contributed by atoms with Crippen molar-refractivity contribution < 1.29 is 0 Å². The number of hydrogen-bond donors (Lipinski definition) is 4. The number of aromatic amines is 1. The van der Waals surface area contributed by atoms with Crippen LogP contribution in [0, 0.1) is 14.7 Å². The van der Waals surface area contributed by atoms with Crippen molar-refractivity contribution in [1.82, 2.24) is 15.0 Å². The van der Waals surface area contributed by atoms with E-state index in [4.69, 9.17) is 5.73 Å². The van der Waals surface area contributed by atoms with E-state index >= 15 is 0 Å². The molecule has 0 unspecified atom stereocenters. The Hall–Kier alpha value is -3.42. The Morgan fingerprint density at radius 1 is 1.17 bits per heavy atom. The fourth-order valence-corrected chi connectivity index (χ4v) is 2.68. The van der Waals surface area contributed by atoms with E-state index < -0.39 is 16.3 Å². The van der Waals surface area contributed by atoms with Crippen molar-refractivity contribution in [2.45, 2.75) is 4.90 Å². The lowest BCUT2D eigenvalue weighted by Gasteiger charge is -2.17. The van der Waals surface area contributed by atoms with E-state index in [0.29, 0.717) is 5.69 Å². The van der Waals surface area contributed by atoms with Gasteiger partial charge in [0.15, 0.2) is 10.6 Å². The highest BCUT2D eigenvalue weighted by molar-refractivity contribution is 8.30. The molecule has 0 aliphatic heterocycles. The van der Waals surface area contributed by atoms with Gasteiger partial charge in [-0.1, -0.05) is 0 Å². The van der Waals surface area contributed by atoms with Crippen LogP contribution in [0.25, 0.3) is 0 Å². The molecule has 2 rings (SSSR count). The van der Waals surface area contributed by atoms with Crippen molar-refractivity contribution in [2.75, 3.05) is 23.4 Å². The van der Waals surface area contributed by atoms with Crippen LogP contribution in [0.3, 0.4) is 0 Å². The molecule has 0 atom stereocenters. The van der Waals surface area contributed by atoms with Crippen LogP contribution < -0.4 is 22.1 Å². The summed E-state index contributed by atoms with van der Waals surface area (Å²) in [7, 11) is -2.12. The lowest BCUT2D eigenvalue weighted by atomic mass is 10.3. The van der Waals surface area contributed by atoms with Gasteiger partial charge in [-0.3, -0.25) is 4.98 Å². The highest BCUT2D eigenvalue weighted by atomic mass is 32.3. The van der Waals surface area contributed by atoms with Crippen molar-refractivity contribution in [1.29, 1.82) is 0 Å². The van der Waals surface area contributed by atoms with E-state index in [1.165, 1.54) is 18.2 Å². The van der Waals surface area contributed by atoms with Gasteiger partial charge in [0.25, 0.3) is 0 Å². The topological polar surface area (TPSA) is 197 Å². The van der Waals surface area contributed by atoms with Gasteiger partial charge in [0.05, 0.1) is 10.6 Å². The van der Waals surface area contributed by atoms with Gasteiger partial charge in [-0.2, -0.15) is 9.97 Å². The van der Waals surface area contributed by atoms with Crippen LogP contribution in [0.5, 0.6) is 0 Å². The molecule has 2 aromatic rings. The molecule has 0 aliphatic carbocycles. The lowest BCUT2D eigenvalue weighted by Crippen LogP contribution is -2.16. The monoisotopic (exact) mass is 353 g/mol. The summed E-state index contributed by atoms with van der Waals surface area (Å²) in [6, 6.07) is 3.90. The Balaban J connectivity index is 2.38. The fourth-order valence-electron chi connectivity index (χ4n) is 1.73. The van der Waals surface area contributed by atoms with Gasteiger partial charge in [0, 0.05) is 26.5 Å². The summed E-state index contributed by atoms with van der Waals surface area (Å²) in [6.07, 6.45) is 0. The third kappa shape index (κ3) is 3.17. The maximum atomic E-state index is 11.4. The zero-order chi connectivity index (χ0) is 17.7. The molecule has 0 spiro atoms. The third-order valence-corrected chi connectivity index (χ3v) is 4.34. The third-order valence-electron chi connectivity index (χ3n) is 2.75. The minimum absolute atomic E-state index is 0.0700. The first kappa shape index (κ1) is 16.9. The zero-order valence-electron chi connectivity index (χ0n) is 12.1.